The Bertz CT molecular complexity index is 426. The van der Waals surface area contributed by atoms with Crippen molar-refractivity contribution in [2.24, 2.45) is 0 Å². The van der Waals surface area contributed by atoms with Gasteiger partial charge in [0.1, 0.15) is 0 Å². The molecule has 1 aromatic rings. The summed E-state index contributed by atoms with van der Waals surface area (Å²) < 4.78 is 9.86. The smallest absolute Gasteiger partial charge is 0.338 e. The van der Waals surface area contributed by atoms with Crippen molar-refractivity contribution in [3.05, 3.63) is 73.9 Å². The van der Waals surface area contributed by atoms with Crippen LogP contribution in [0.4, 0.5) is 0 Å². The van der Waals surface area contributed by atoms with Gasteiger partial charge in [0.05, 0.1) is 25.4 Å². The molecule has 2 N–H and O–H groups in total. The van der Waals surface area contributed by atoms with Crippen LogP contribution in [0, 0.1) is 0 Å². The Labute approximate surface area is 192 Å². The van der Waals surface area contributed by atoms with Gasteiger partial charge >= 0.3 is 5.97 Å². The normalized spacial score (nSPS) is 7.61. The summed E-state index contributed by atoms with van der Waals surface area (Å²) in [5.41, 5.74) is 0.624. The van der Waals surface area contributed by atoms with Gasteiger partial charge in [-0.2, -0.15) is 0 Å². The second kappa shape index (κ2) is 46.1. The number of hydrogen-bond donors (Lipinski definition) is 2. The molecule has 0 amide bonds. The van der Waals surface area contributed by atoms with E-state index in [1.807, 2.05) is 52.8 Å². The van der Waals surface area contributed by atoms with Crippen molar-refractivity contribution in [2.75, 3.05) is 33.0 Å². The summed E-state index contributed by atoms with van der Waals surface area (Å²) in [4.78, 5) is 11.3. The third-order valence-corrected chi connectivity index (χ3v) is 2.25. The van der Waals surface area contributed by atoms with Crippen LogP contribution in [-0.4, -0.2) is 49.2 Å². The van der Waals surface area contributed by atoms with Crippen molar-refractivity contribution >= 4 is 5.97 Å². The molecule has 1 rings (SSSR count). The third kappa shape index (κ3) is 58.4. The Hall–Kier alpha value is -2.21. The molecular weight excluding hydrogens is 392 g/mol. The minimum Gasteiger partial charge on any atom is -0.462 e. The van der Waals surface area contributed by atoms with Gasteiger partial charge in [-0.25, -0.2) is 4.79 Å². The van der Waals surface area contributed by atoms with Gasteiger partial charge in [-0.05, 0) is 53.2 Å². The summed E-state index contributed by atoms with van der Waals surface area (Å²) in [7, 11) is 0. The van der Waals surface area contributed by atoms with Gasteiger partial charge in [-0.1, -0.05) is 49.8 Å². The maximum atomic E-state index is 11.3. The minimum atomic E-state index is -0.228. The second-order valence-corrected chi connectivity index (χ2v) is 5.31. The van der Waals surface area contributed by atoms with Crippen molar-refractivity contribution in [1.29, 1.82) is 0 Å². The quantitative estimate of drug-likeness (QED) is 0.298. The Morgan fingerprint density at radius 3 is 1.52 bits per heavy atom. The highest BCUT2D eigenvalue weighted by Crippen LogP contribution is 2.01. The van der Waals surface area contributed by atoms with E-state index in [4.69, 9.17) is 19.7 Å². The fourth-order valence-electron chi connectivity index (χ4n) is 1.17. The van der Waals surface area contributed by atoms with Gasteiger partial charge in [0.15, 0.2) is 0 Å². The maximum absolute atomic E-state index is 11.3. The minimum absolute atomic E-state index is 0.125. The van der Waals surface area contributed by atoms with E-state index in [0.29, 0.717) is 12.2 Å². The molecule has 1 aromatic carbocycles. The highest BCUT2D eigenvalue weighted by atomic mass is 16.5. The standard InChI is InChI=1S/C11H14O2.C4H10O.3C3H6.C2H6O2/c1-2-3-9-13-11(12)10-7-5-4-6-8-10;1-3-5-4-2;3*1-3-2;3-1-2-4/h4-8H,2-3,9H2,1H3;3-4H2,1-2H3;3*3H,1H2,2H3;3-4H,1-2H2. The Morgan fingerprint density at radius 1 is 0.871 bits per heavy atom. The predicted molar refractivity (Wildman–Crippen MR) is 136 cm³/mol. The molecule has 0 atom stereocenters. The van der Waals surface area contributed by atoms with Crippen molar-refractivity contribution in [2.45, 2.75) is 54.4 Å². The number of allylic oxidation sites excluding steroid dienone is 3. The monoisotopic (exact) mass is 440 g/mol. The van der Waals surface area contributed by atoms with Crippen LogP contribution in [0.2, 0.25) is 0 Å². The average Bonchev–Trinajstić information content (AvgIpc) is 2.77. The molecule has 0 unspecified atom stereocenters. The number of carbonyl (C=O) groups excluding carboxylic acids is 1. The van der Waals surface area contributed by atoms with Crippen molar-refractivity contribution in [1.82, 2.24) is 0 Å². The number of hydrogen-bond acceptors (Lipinski definition) is 5. The van der Waals surface area contributed by atoms with Crippen LogP contribution < -0.4 is 0 Å². The van der Waals surface area contributed by atoms with E-state index in [9.17, 15) is 4.79 Å². The molecule has 0 aliphatic rings. The molecule has 5 heteroatoms. The number of esters is 1. The molecule has 0 spiro atoms. The van der Waals surface area contributed by atoms with Crippen LogP contribution in [-0.2, 0) is 9.47 Å². The zero-order chi connectivity index (χ0) is 25.2. The summed E-state index contributed by atoms with van der Waals surface area (Å²) in [6, 6.07) is 9.05. The topological polar surface area (TPSA) is 76.0 Å². The molecule has 0 fully saturated rings. The van der Waals surface area contributed by atoms with Gasteiger partial charge in [0, 0.05) is 13.2 Å². The first-order valence-corrected chi connectivity index (χ1v) is 10.6. The first-order chi connectivity index (χ1) is 14.9. The number of aliphatic hydroxyl groups is 2. The van der Waals surface area contributed by atoms with E-state index in [0.717, 1.165) is 26.1 Å². The number of unbranched alkanes of at least 4 members (excludes halogenated alkanes) is 1. The Morgan fingerprint density at radius 2 is 1.26 bits per heavy atom. The van der Waals surface area contributed by atoms with Gasteiger partial charge in [-0.3, -0.25) is 0 Å². The molecule has 0 heterocycles. The first kappa shape index (κ1) is 39.3. The Balaban J connectivity index is -0.000000104. The summed E-state index contributed by atoms with van der Waals surface area (Å²) in [5, 5.41) is 15.2. The molecule has 5 nitrogen and oxygen atoms in total. The molecule has 31 heavy (non-hydrogen) atoms. The number of ether oxygens (including phenoxy) is 2. The number of aliphatic hydroxyl groups excluding tert-OH is 2. The predicted octanol–water partition coefficient (Wildman–Crippen LogP) is 6.23. The summed E-state index contributed by atoms with van der Waals surface area (Å²) in [6.45, 7) is 23.8. The maximum Gasteiger partial charge on any atom is 0.338 e. The molecule has 0 aliphatic carbocycles. The molecule has 0 aromatic heterocycles. The van der Waals surface area contributed by atoms with E-state index in [-0.39, 0.29) is 19.2 Å². The zero-order valence-electron chi connectivity index (χ0n) is 20.8. The van der Waals surface area contributed by atoms with Crippen LogP contribution in [0.25, 0.3) is 0 Å². The number of benzene rings is 1. The lowest BCUT2D eigenvalue weighted by atomic mass is 10.2. The fourth-order valence-corrected chi connectivity index (χ4v) is 1.17. The van der Waals surface area contributed by atoms with Crippen LogP contribution in [0.5, 0.6) is 0 Å². The van der Waals surface area contributed by atoms with Crippen LogP contribution in [0.15, 0.2) is 68.3 Å². The van der Waals surface area contributed by atoms with Crippen molar-refractivity contribution in [3.8, 4) is 0 Å². The van der Waals surface area contributed by atoms with E-state index in [1.54, 1.807) is 30.4 Å². The van der Waals surface area contributed by atoms with Gasteiger partial charge in [0.2, 0.25) is 0 Å². The van der Waals surface area contributed by atoms with Gasteiger partial charge < -0.3 is 19.7 Å². The molecule has 0 bridgehead atoms. The van der Waals surface area contributed by atoms with Crippen LogP contribution in [0.1, 0.15) is 64.7 Å². The molecule has 0 saturated carbocycles. The summed E-state index contributed by atoms with van der Waals surface area (Å²) >= 11 is 0. The summed E-state index contributed by atoms with van der Waals surface area (Å²) in [5.74, 6) is -0.228. The first-order valence-electron chi connectivity index (χ1n) is 10.6. The van der Waals surface area contributed by atoms with Crippen molar-refractivity contribution < 1.29 is 24.5 Å². The van der Waals surface area contributed by atoms with E-state index < -0.39 is 0 Å². The lowest BCUT2D eigenvalue weighted by Crippen LogP contribution is -2.05. The number of carbonyl (C=O) groups is 1. The lowest BCUT2D eigenvalue weighted by Gasteiger charge is -2.02. The Kier molecular flexibility index (Phi) is 58.5. The van der Waals surface area contributed by atoms with E-state index in [2.05, 4.69) is 26.7 Å². The molecule has 0 saturated heterocycles. The second-order valence-electron chi connectivity index (χ2n) is 5.31. The van der Waals surface area contributed by atoms with E-state index in [1.165, 1.54) is 0 Å². The molecule has 0 aliphatic heterocycles. The van der Waals surface area contributed by atoms with Gasteiger partial charge in [-0.15, -0.1) is 19.7 Å². The highest BCUT2D eigenvalue weighted by molar-refractivity contribution is 5.89. The third-order valence-electron chi connectivity index (χ3n) is 2.25. The van der Waals surface area contributed by atoms with Gasteiger partial charge in [0.25, 0.3) is 0 Å². The molecule has 0 radical (unpaired) electrons. The molecule has 182 valence electrons. The van der Waals surface area contributed by atoms with Crippen molar-refractivity contribution in [3.63, 3.8) is 0 Å². The molecular formula is C26H48O5. The zero-order valence-corrected chi connectivity index (χ0v) is 20.8. The number of rotatable bonds is 7. The average molecular weight is 441 g/mol. The van der Waals surface area contributed by atoms with Crippen LogP contribution in [0.3, 0.4) is 0 Å². The van der Waals surface area contributed by atoms with E-state index >= 15 is 0 Å². The summed E-state index contributed by atoms with van der Waals surface area (Å²) in [6.07, 6.45) is 7.22. The lowest BCUT2D eigenvalue weighted by molar-refractivity contribution is 0.0499. The fraction of sp³-hybridized carbons (Fsp3) is 0.500. The van der Waals surface area contributed by atoms with Crippen LogP contribution >= 0.6 is 0 Å². The SMILES string of the molecule is C=CC.C=CC.C=CC.CCCCOC(=O)c1ccccc1.CCOCC.OCCO. The highest BCUT2D eigenvalue weighted by Gasteiger charge is 2.03. The largest absolute Gasteiger partial charge is 0.462 e.